The molecule has 2 aromatic carbocycles. The second kappa shape index (κ2) is 14.1. The standard InChI is InChI=1S/C29H32N6O8/c36-17-43-14-13-42-12-11-41-10-9-30-28(39)26-32-22-4-2-1-3-20(22)25(34-26)31-19-6-5-18-16-35(29(40)21(18)15-19)23-7-8-24(37)33-27(23)38/h1-6,15,23,36H,7-14,16-17H2,(H,30,39)(H,31,32,34)(H,33,37,38). The van der Waals surface area contributed by atoms with Crippen LogP contribution in [0, 0.1) is 0 Å². The van der Waals surface area contributed by atoms with Crippen LogP contribution in [0.1, 0.15) is 39.4 Å². The molecule has 226 valence electrons. The molecule has 0 spiro atoms. The highest BCUT2D eigenvalue weighted by atomic mass is 16.6. The highest BCUT2D eigenvalue weighted by Gasteiger charge is 2.39. The first-order chi connectivity index (χ1) is 20.9. The van der Waals surface area contributed by atoms with E-state index in [2.05, 4.69) is 25.9 Å². The average molecular weight is 593 g/mol. The van der Waals surface area contributed by atoms with Crippen molar-refractivity contribution in [2.75, 3.05) is 51.7 Å². The van der Waals surface area contributed by atoms with Crippen molar-refractivity contribution < 1.29 is 38.5 Å². The molecular formula is C29H32N6O8. The molecule has 2 aliphatic heterocycles. The number of aliphatic hydroxyl groups excluding tert-OH is 1. The SMILES string of the molecule is O=C1CCC(N2Cc3ccc(Nc4nc(C(=O)NCCOCCOCCOCO)nc5ccccc45)cc3C2=O)C(=O)N1. The monoisotopic (exact) mass is 592 g/mol. The summed E-state index contributed by atoms with van der Waals surface area (Å²) in [7, 11) is 0. The molecular weight excluding hydrogens is 560 g/mol. The van der Waals surface area contributed by atoms with Gasteiger partial charge in [0.15, 0.2) is 0 Å². The Morgan fingerprint density at radius 1 is 1.00 bits per heavy atom. The molecule has 1 saturated heterocycles. The quantitative estimate of drug-likeness (QED) is 0.118. The topological polar surface area (TPSA) is 181 Å². The maximum absolute atomic E-state index is 13.2. The molecule has 14 nitrogen and oxygen atoms in total. The number of amides is 4. The van der Waals surface area contributed by atoms with Crippen molar-refractivity contribution in [3.63, 3.8) is 0 Å². The summed E-state index contributed by atoms with van der Waals surface area (Å²) in [6, 6.07) is 11.9. The molecule has 14 heteroatoms. The third-order valence-corrected chi connectivity index (χ3v) is 6.96. The number of aromatic nitrogens is 2. The molecule has 0 aliphatic carbocycles. The van der Waals surface area contributed by atoms with E-state index in [0.29, 0.717) is 54.4 Å². The van der Waals surface area contributed by atoms with Crippen molar-refractivity contribution >= 4 is 46.0 Å². The largest absolute Gasteiger partial charge is 0.377 e. The number of para-hydroxylation sites is 1. The summed E-state index contributed by atoms with van der Waals surface area (Å²) in [5, 5.41) is 17.5. The van der Waals surface area contributed by atoms with Gasteiger partial charge in [-0.2, -0.15) is 0 Å². The molecule has 0 radical (unpaired) electrons. The molecule has 1 unspecified atom stereocenters. The van der Waals surface area contributed by atoms with Gasteiger partial charge in [-0.25, -0.2) is 9.97 Å². The number of hydrogen-bond donors (Lipinski definition) is 4. The molecule has 0 saturated carbocycles. The van der Waals surface area contributed by atoms with Crippen molar-refractivity contribution in [2.24, 2.45) is 0 Å². The lowest BCUT2D eigenvalue weighted by Gasteiger charge is -2.29. The van der Waals surface area contributed by atoms with Crippen molar-refractivity contribution in [1.82, 2.24) is 25.5 Å². The predicted octanol–water partition coefficient (Wildman–Crippen LogP) is 0.864. The van der Waals surface area contributed by atoms with Gasteiger partial charge in [-0.1, -0.05) is 18.2 Å². The minimum atomic E-state index is -0.697. The number of benzene rings is 2. The van der Waals surface area contributed by atoms with E-state index in [4.69, 9.17) is 19.3 Å². The number of carbonyl (C=O) groups excluding carboxylic acids is 4. The van der Waals surface area contributed by atoms with Crippen LogP contribution in [-0.4, -0.2) is 96.0 Å². The maximum atomic E-state index is 13.2. The van der Waals surface area contributed by atoms with Gasteiger partial charge in [0.1, 0.15) is 18.7 Å². The number of fused-ring (bicyclic) bond motifs is 2. The summed E-state index contributed by atoms with van der Waals surface area (Å²) in [5.74, 6) is -1.20. The lowest BCUT2D eigenvalue weighted by atomic mass is 10.0. The number of nitrogens with one attached hydrogen (secondary N) is 3. The lowest BCUT2D eigenvalue weighted by Crippen LogP contribution is -2.52. The third kappa shape index (κ3) is 7.29. The number of imide groups is 1. The van der Waals surface area contributed by atoms with Crippen LogP contribution in [0.2, 0.25) is 0 Å². The van der Waals surface area contributed by atoms with E-state index in [0.717, 1.165) is 5.56 Å². The minimum Gasteiger partial charge on any atom is -0.377 e. The van der Waals surface area contributed by atoms with Gasteiger partial charge >= 0.3 is 0 Å². The number of anilines is 2. The molecule has 0 bridgehead atoms. The van der Waals surface area contributed by atoms with Gasteiger partial charge in [0, 0.05) is 36.1 Å². The van der Waals surface area contributed by atoms with E-state index >= 15 is 0 Å². The zero-order valence-electron chi connectivity index (χ0n) is 23.3. The number of carbonyl (C=O) groups is 4. The Morgan fingerprint density at radius 2 is 1.77 bits per heavy atom. The highest BCUT2D eigenvalue weighted by molar-refractivity contribution is 6.06. The number of aliphatic hydroxyl groups is 1. The van der Waals surface area contributed by atoms with Gasteiger partial charge in [0.25, 0.3) is 11.8 Å². The number of piperidine rings is 1. The van der Waals surface area contributed by atoms with Gasteiger partial charge < -0.3 is 34.9 Å². The van der Waals surface area contributed by atoms with Crippen LogP contribution >= 0.6 is 0 Å². The second-order valence-electron chi connectivity index (χ2n) is 9.83. The molecule has 4 amide bonds. The fourth-order valence-electron chi connectivity index (χ4n) is 4.86. The molecule has 43 heavy (non-hydrogen) atoms. The predicted molar refractivity (Wildman–Crippen MR) is 152 cm³/mol. The first-order valence-electron chi connectivity index (χ1n) is 13.9. The normalized spacial score (nSPS) is 16.3. The average Bonchev–Trinajstić information content (AvgIpc) is 3.33. The van der Waals surface area contributed by atoms with Gasteiger partial charge in [0.2, 0.25) is 17.6 Å². The van der Waals surface area contributed by atoms with Crippen molar-refractivity contribution in [2.45, 2.75) is 25.4 Å². The first kappa shape index (κ1) is 30.0. The van der Waals surface area contributed by atoms with Crippen LogP contribution in [-0.2, 0) is 30.3 Å². The highest BCUT2D eigenvalue weighted by Crippen LogP contribution is 2.31. The second-order valence-corrected chi connectivity index (χ2v) is 9.83. The van der Waals surface area contributed by atoms with E-state index in [-0.39, 0.29) is 57.0 Å². The molecule has 2 aliphatic rings. The Bertz CT molecular complexity index is 1520. The number of nitrogens with zero attached hydrogens (tertiary/aromatic N) is 3. The maximum Gasteiger partial charge on any atom is 0.289 e. The van der Waals surface area contributed by atoms with E-state index in [1.165, 1.54) is 4.90 Å². The summed E-state index contributed by atoms with van der Waals surface area (Å²) >= 11 is 0. The van der Waals surface area contributed by atoms with Crippen LogP contribution in [0.15, 0.2) is 42.5 Å². The van der Waals surface area contributed by atoms with Crippen molar-refractivity contribution in [3.05, 3.63) is 59.4 Å². The zero-order chi connectivity index (χ0) is 30.2. The fraction of sp³-hybridized carbons (Fsp3) is 0.379. The van der Waals surface area contributed by atoms with Gasteiger partial charge in [-0.3, -0.25) is 24.5 Å². The molecule has 1 atom stereocenters. The van der Waals surface area contributed by atoms with E-state index in [1.807, 2.05) is 24.3 Å². The summed E-state index contributed by atoms with van der Waals surface area (Å²) in [4.78, 5) is 60.4. The summed E-state index contributed by atoms with van der Waals surface area (Å²) < 4.78 is 15.5. The fourth-order valence-corrected chi connectivity index (χ4v) is 4.86. The number of ether oxygens (including phenoxy) is 3. The molecule has 1 aromatic heterocycles. The smallest absolute Gasteiger partial charge is 0.289 e. The zero-order valence-corrected chi connectivity index (χ0v) is 23.3. The van der Waals surface area contributed by atoms with Crippen LogP contribution < -0.4 is 16.0 Å². The first-order valence-corrected chi connectivity index (χ1v) is 13.9. The Hall–Kier alpha value is -4.50. The van der Waals surface area contributed by atoms with Crippen molar-refractivity contribution in [1.29, 1.82) is 0 Å². The molecule has 4 N–H and O–H groups in total. The molecule has 5 rings (SSSR count). The van der Waals surface area contributed by atoms with E-state index < -0.39 is 17.9 Å². The number of rotatable bonds is 14. The van der Waals surface area contributed by atoms with Crippen molar-refractivity contribution in [3.8, 4) is 0 Å². The van der Waals surface area contributed by atoms with E-state index in [1.54, 1.807) is 18.2 Å². The minimum absolute atomic E-state index is 0.0327. The Balaban J connectivity index is 1.22. The molecule has 3 heterocycles. The summed E-state index contributed by atoms with van der Waals surface area (Å²) in [5.41, 5.74) is 2.36. The summed E-state index contributed by atoms with van der Waals surface area (Å²) in [6.07, 6.45) is 0.473. The third-order valence-electron chi connectivity index (χ3n) is 6.96. The van der Waals surface area contributed by atoms with Crippen LogP contribution in [0.25, 0.3) is 10.9 Å². The van der Waals surface area contributed by atoms with Gasteiger partial charge in [0.05, 0.1) is 38.6 Å². The van der Waals surface area contributed by atoms with Gasteiger partial charge in [-0.15, -0.1) is 0 Å². The molecule has 3 aromatic rings. The Kier molecular flexibility index (Phi) is 9.84. The lowest BCUT2D eigenvalue weighted by molar-refractivity contribution is -0.136. The Morgan fingerprint density at radius 3 is 2.56 bits per heavy atom. The van der Waals surface area contributed by atoms with Gasteiger partial charge in [-0.05, 0) is 36.2 Å². The van der Waals surface area contributed by atoms with Crippen LogP contribution in [0.3, 0.4) is 0 Å². The van der Waals surface area contributed by atoms with Crippen LogP contribution in [0.5, 0.6) is 0 Å². The van der Waals surface area contributed by atoms with E-state index in [9.17, 15) is 19.2 Å². The Labute approximate surface area is 246 Å². The summed E-state index contributed by atoms with van der Waals surface area (Å²) in [6.45, 7) is 1.76. The molecule has 1 fully saturated rings. The number of hydrogen-bond acceptors (Lipinski definition) is 11. The van der Waals surface area contributed by atoms with Crippen LogP contribution in [0.4, 0.5) is 11.5 Å².